The molecule has 5 nitrogen and oxygen atoms in total. The number of hydrogen-bond acceptors (Lipinski definition) is 3. The number of carbonyl (C=O) groups is 2. The standard InChI is InChI=1S/C17H18N2O3/c1-13(20)18-11-12-19-17(21)15-9-5-6-10-16(15)22-14-7-3-2-4-8-14/h2-10H,11-12H2,1H3,(H,18,20)(H,19,21). The Labute approximate surface area is 129 Å². The lowest BCUT2D eigenvalue weighted by atomic mass is 10.2. The van der Waals surface area contributed by atoms with Crippen LogP contribution in [0.5, 0.6) is 11.5 Å². The fourth-order valence-corrected chi connectivity index (χ4v) is 1.87. The van der Waals surface area contributed by atoms with Gasteiger partial charge in [-0.05, 0) is 24.3 Å². The summed E-state index contributed by atoms with van der Waals surface area (Å²) < 4.78 is 5.74. The summed E-state index contributed by atoms with van der Waals surface area (Å²) in [6.07, 6.45) is 0. The van der Waals surface area contributed by atoms with E-state index in [0.717, 1.165) is 0 Å². The summed E-state index contributed by atoms with van der Waals surface area (Å²) in [5.41, 5.74) is 0.453. The van der Waals surface area contributed by atoms with Crippen molar-refractivity contribution in [2.24, 2.45) is 0 Å². The van der Waals surface area contributed by atoms with E-state index < -0.39 is 0 Å². The van der Waals surface area contributed by atoms with Gasteiger partial charge in [-0.25, -0.2) is 0 Å². The number of ether oxygens (including phenoxy) is 1. The Kier molecular flexibility index (Phi) is 5.54. The van der Waals surface area contributed by atoms with Crippen LogP contribution in [-0.2, 0) is 4.79 Å². The fraction of sp³-hybridized carbons (Fsp3) is 0.176. The third-order valence-electron chi connectivity index (χ3n) is 2.89. The molecule has 0 unspecified atom stereocenters. The number of hydrogen-bond donors (Lipinski definition) is 2. The molecule has 0 fully saturated rings. The number of carbonyl (C=O) groups excluding carboxylic acids is 2. The first-order valence-electron chi connectivity index (χ1n) is 7.01. The van der Waals surface area contributed by atoms with Gasteiger partial charge in [-0.2, -0.15) is 0 Å². The quantitative estimate of drug-likeness (QED) is 0.804. The summed E-state index contributed by atoms with van der Waals surface area (Å²) in [7, 11) is 0. The first-order valence-corrected chi connectivity index (χ1v) is 7.01. The predicted octanol–water partition coefficient (Wildman–Crippen LogP) is 2.34. The summed E-state index contributed by atoms with van der Waals surface area (Å²) in [4.78, 5) is 23.0. The van der Waals surface area contributed by atoms with Crippen LogP contribution in [0.1, 0.15) is 17.3 Å². The second kappa shape index (κ2) is 7.83. The van der Waals surface area contributed by atoms with E-state index in [0.29, 0.717) is 30.2 Å². The van der Waals surface area contributed by atoms with Crippen molar-refractivity contribution in [3.05, 3.63) is 60.2 Å². The minimum absolute atomic E-state index is 0.123. The van der Waals surface area contributed by atoms with Crippen molar-refractivity contribution in [2.45, 2.75) is 6.92 Å². The molecule has 0 aliphatic rings. The Morgan fingerprint density at radius 3 is 2.27 bits per heavy atom. The Morgan fingerprint density at radius 2 is 1.55 bits per heavy atom. The molecule has 0 saturated heterocycles. The Bertz CT molecular complexity index is 641. The topological polar surface area (TPSA) is 67.4 Å². The van der Waals surface area contributed by atoms with Crippen molar-refractivity contribution in [3.8, 4) is 11.5 Å². The zero-order valence-corrected chi connectivity index (χ0v) is 12.3. The largest absolute Gasteiger partial charge is 0.457 e. The molecule has 2 amide bonds. The molecule has 2 rings (SSSR count). The maximum Gasteiger partial charge on any atom is 0.255 e. The van der Waals surface area contributed by atoms with Crippen LogP contribution >= 0.6 is 0 Å². The molecule has 0 aromatic heterocycles. The maximum absolute atomic E-state index is 12.2. The van der Waals surface area contributed by atoms with Gasteiger partial charge in [-0.3, -0.25) is 9.59 Å². The molecule has 2 aromatic carbocycles. The molecule has 0 atom stereocenters. The molecule has 2 aromatic rings. The van der Waals surface area contributed by atoms with Crippen LogP contribution in [0.2, 0.25) is 0 Å². The molecule has 0 aliphatic carbocycles. The number of para-hydroxylation sites is 2. The smallest absolute Gasteiger partial charge is 0.255 e. The van der Waals surface area contributed by atoms with Crippen LogP contribution in [-0.4, -0.2) is 24.9 Å². The third-order valence-corrected chi connectivity index (χ3v) is 2.89. The Hall–Kier alpha value is -2.82. The van der Waals surface area contributed by atoms with Crippen molar-refractivity contribution < 1.29 is 14.3 Å². The first kappa shape index (κ1) is 15.6. The highest BCUT2D eigenvalue weighted by molar-refractivity contribution is 5.97. The van der Waals surface area contributed by atoms with Crippen LogP contribution in [0.4, 0.5) is 0 Å². The summed E-state index contributed by atoms with van der Waals surface area (Å²) >= 11 is 0. The molecule has 2 N–H and O–H groups in total. The van der Waals surface area contributed by atoms with Gasteiger partial charge in [-0.1, -0.05) is 30.3 Å². The molecular weight excluding hydrogens is 280 g/mol. The average molecular weight is 298 g/mol. The fourth-order valence-electron chi connectivity index (χ4n) is 1.87. The molecular formula is C17H18N2O3. The van der Waals surface area contributed by atoms with Gasteiger partial charge in [0.25, 0.3) is 5.91 Å². The molecule has 0 spiro atoms. The number of rotatable bonds is 6. The molecule has 114 valence electrons. The molecule has 5 heteroatoms. The van der Waals surface area contributed by atoms with Crippen LogP contribution in [0, 0.1) is 0 Å². The zero-order valence-electron chi connectivity index (χ0n) is 12.3. The highest BCUT2D eigenvalue weighted by Gasteiger charge is 2.12. The Balaban J connectivity index is 2.01. The van der Waals surface area contributed by atoms with E-state index >= 15 is 0 Å². The third kappa shape index (κ3) is 4.63. The van der Waals surface area contributed by atoms with Gasteiger partial charge >= 0.3 is 0 Å². The highest BCUT2D eigenvalue weighted by atomic mass is 16.5. The van der Waals surface area contributed by atoms with Crippen molar-refractivity contribution in [3.63, 3.8) is 0 Å². The minimum Gasteiger partial charge on any atom is -0.457 e. The van der Waals surface area contributed by atoms with E-state index in [1.54, 1.807) is 18.2 Å². The summed E-state index contributed by atoms with van der Waals surface area (Å²) in [6.45, 7) is 2.19. The first-order chi connectivity index (χ1) is 10.7. The molecule has 0 radical (unpaired) electrons. The van der Waals surface area contributed by atoms with E-state index in [4.69, 9.17) is 4.74 Å². The lowest BCUT2D eigenvalue weighted by molar-refractivity contribution is -0.118. The van der Waals surface area contributed by atoms with Crippen molar-refractivity contribution >= 4 is 11.8 Å². The summed E-state index contributed by atoms with van der Waals surface area (Å²) in [6, 6.07) is 16.3. The lowest BCUT2D eigenvalue weighted by Crippen LogP contribution is -2.33. The minimum atomic E-state index is -0.239. The molecule has 0 saturated carbocycles. The maximum atomic E-state index is 12.2. The second-order valence-corrected chi connectivity index (χ2v) is 4.65. The van der Waals surface area contributed by atoms with Gasteiger partial charge in [0.05, 0.1) is 5.56 Å². The van der Waals surface area contributed by atoms with E-state index in [2.05, 4.69) is 10.6 Å². The van der Waals surface area contributed by atoms with Crippen LogP contribution in [0.3, 0.4) is 0 Å². The van der Waals surface area contributed by atoms with Gasteiger partial charge < -0.3 is 15.4 Å². The molecule has 0 aliphatic heterocycles. The van der Waals surface area contributed by atoms with Gasteiger partial charge in [0.1, 0.15) is 11.5 Å². The van der Waals surface area contributed by atoms with E-state index in [9.17, 15) is 9.59 Å². The van der Waals surface area contributed by atoms with Gasteiger partial charge in [0.2, 0.25) is 5.91 Å². The molecule has 0 bridgehead atoms. The second-order valence-electron chi connectivity index (χ2n) is 4.65. The SMILES string of the molecule is CC(=O)NCCNC(=O)c1ccccc1Oc1ccccc1. The van der Waals surface area contributed by atoms with Gasteiger partial charge in [0.15, 0.2) is 0 Å². The number of benzene rings is 2. The zero-order chi connectivity index (χ0) is 15.8. The van der Waals surface area contributed by atoms with Crippen LogP contribution in [0.15, 0.2) is 54.6 Å². The average Bonchev–Trinajstić information content (AvgIpc) is 2.53. The number of amides is 2. The van der Waals surface area contributed by atoms with Crippen molar-refractivity contribution in [2.75, 3.05) is 13.1 Å². The number of nitrogens with one attached hydrogen (secondary N) is 2. The Morgan fingerprint density at radius 1 is 0.909 bits per heavy atom. The van der Waals surface area contributed by atoms with Gasteiger partial charge in [-0.15, -0.1) is 0 Å². The van der Waals surface area contributed by atoms with Gasteiger partial charge in [0, 0.05) is 20.0 Å². The monoisotopic (exact) mass is 298 g/mol. The summed E-state index contributed by atoms with van der Waals surface area (Å²) in [5, 5.41) is 5.37. The van der Waals surface area contributed by atoms with Crippen molar-refractivity contribution in [1.82, 2.24) is 10.6 Å². The molecule has 22 heavy (non-hydrogen) atoms. The lowest BCUT2D eigenvalue weighted by Gasteiger charge is -2.11. The molecule has 0 heterocycles. The predicted molar refractivity (Wildman–Crippen MR) is 84.0 cm³/mol. The van der Waals surface area contributed by atoms with E-state index in [1.165, 1.54) is 6.92 Å². The van der Waals surface area contributed by atoms with E-state index in [1.807, 2.05) is 36.4 Å². The highest BCUT2D eigenvalue weighted by Crippen LogP contribution is 2.24. The normalized spacial score (nSPS) is 9.86. The van der Waals surface area contributed by atoms with Crippen molar-refractivity contribution in [1.29, 1.82) is 0 Å². The summed E-state index contributed by atoms with van der Waals surface area (Å²) in [5.74, 6) is 0.797. The van der Waals surface area contributed by atoms with Crippen LogP contribution < -0.4 is 15.4 Å². The van der Waals surface area contributed by atoms with E-state index in [-0.39, 0.29) is 11.8 Å². The van der Waals surface area contributed by atoms with Crippen LogP contribution in [0.25, 0.3) is 0 Å².